The molecule has 1 aliphatic heterocycles. The molecule has 0 saturated carbocycles. The van der Waals surface area contributed by atoms with E-state index in [2.05, 4.69) is 10.3 Å². The van der Waals surface area contributed by atoms with Gasteiger partial charge in [0.1, 0.15) is 5.69 Å². The Hall–Kier alpha value is -4.15. The van der Waals surface area contributed by atoms with Gasteiger partial charge in [-0.2, -0.15) is 4.31 Å². The van der Waals surface area contributed by atoms with Crippen LogP contribution in [0, 0.1) is 0 Å². The van der Waals surface area contributed by atoms with E-state index >= 15 is 0 Å². The van der Waals surface area contributed by atoms with Crippen molar-refractivity contribution in [1.29, 1.82) is 0 Å². The van der Waals surface area contributed by atoms with Crippen molar-refractivity contribution in [3.63, 3.8) is 0 Å². The average Bonchev–Trinajstić information content (AvgIpc) is 3.43. The molecular formula is C28H27N5O4S. The van der Waals surface area contributed by atoms with Crippen LogP contribution in [0.2, 0.25) is 0 Å². The van der Waals surface area contributed by atoms with Crippen molar-refractivity contribution in [2.24, 2.45) is 0 Å². The van der Waals surface area contributed by atoms with Crippen molar-refractivity contribution in [2.75, 3.05) is 19.6 Å². The van der Waals surface area contributed by atoms with Crippen LogP contribution in [0.3, 0.4) is 0 Å². The predicted molar refractivity (Wildman–Crippen MR) is 142 cm³/mol. The fourth-order valence-electron chi connectivity index (χ4n) is 4.55. The second kappa shape index (κ2) is 10.3. The summed E-state index contributed by atoms with van der Waals surface area (Å²) in [5.74, 6) is -0.107. The predicted octanol–water partition coefficient (Wildman–Crippen LogP) is 3.67. The maximum Gasteiger partial charge on any atom is 0.253 e. The highest BCUT2D eigenvalue weighted by atomic mass is 32.2. The number of rotatable bonds is 6. The van der Waals surface area contributed by atoms with E-state index in [4.69, 9.17) is 0 Å². The van der Waals surface area contributed by atoms with Gasteiger partial charge in [-0.15, -0.1) is 5.10 Å². The number of piperazine rings is 1. The Morgan fingerprint density at radius 1 is 0.868 bits per heavy atom. The molecule has 1 saturated heterocycles. The zero-order chi connectivity index (χ0) is 26.9. The van der Waals surface area contributed by atoms with E-state index in [-0.39, 0.29) is 29.2 Å². The lowest BCUT2D eigenvalue weighted by molar-refractivity contribution is 0.0642. The number of aromatic nitrogens is 3. The third kappa shape index (κ3) is 5.00. The molecule has 1 aromatic heterocycles. The number of hydrogen-bond donors (Lipinski definition) is 0. The number of carbonyl (C=O) groups is 2. The Kier molecular flexibility index (Phi) is 6.92. The highest BCUT2D eigenvalue weighted by Crippen LogP contribution is 2.25. The van der Waals surface area contributed by atoms with Crippen LogP contribution in [0.5, 0.6) is 0 Å². The van der Waals surface area contributed by atoms with Crippen LogP contribution in [0.1, 0.15) is 34.6 Å². The Morgan fingerprint density at radius 2 is 1.55 bits per heavy atom. The van der Waals surface area contributed by atoms with Crippen LogP contribution in [0.4, 0.5) is 0 Å². The number of ketones is 1. The first-order chi connectivity index (χ1) is 18.2. The molecule has 1 atom stereocenters. The minimum absolute atomic E-state index is 0.0113. The summed E-state index contributed by atoms with van der Waals surface area (Å²) in [5, 5.41) is 8.37. The number of Topliss-reactive ketones (excluding diaryl/α,β-unsaturated/α-hetero) is 1. The summed E-state index contributed by atoms with van der Waals surface area (Å²) in [6.07, 6.45) is 1.75. The molecule has 1 fully saturated rings. The van der Waals surface area contributed by atoms with E-state index in [0.29, 0.717) is 29.9 Å². The first-order valence-electron chi connectivity index (χ1n) is 12.2. The van der Waals surface area contributed by atoms with Gasteiger partial charge in [-0.25, -0.2) is 13.1 Å². The molecule has 0 aliphatic carbocycles. The molecular weight excluding hydrogens is 502 g/mol. The molecule has 1 amide bonds. The van der Waals surface area contributed by atoms with Crippen LogP contribution in [-0.4, -0.2) is 70.0 Å². The molecule has 3 aromatic carbocycles. The van der Waals surface area contributed by atoms with Gasteiger partial charge in [-0.3, -0.25) is 9.59 Å². The standard InChI is InChI=1S/C28H27N5O4S/c1-20-18-31(28(35)24-6-4-3-5-7-24)16-17-33(20)38(36,37)26-14-10-23(11-15-26)27-19-32(30-29-27)25-12-8-22(9-13-25)21(2)34/h3-15,19-20H,16-18H2,1-2H3/t20-/m1/s1. The van der Waals surface area contributed by atoms with Gasteiger partial charge in [0.05, 0.1) is 16.8 Å². The molecule has 0 N–H and O–H groups in total. The molecule has 2 heterocycles. The lowest BCUT2D eigenvalue weighted by atomic mass is 10.1. The monoisotopic (exact) mass is 529 g/mol. The van der Waals surface area contributed by atoms with Crippen LogP contribution < -0.4 is 0 Å². The van der Waals surface area contributed by atoms with Crippen LogP contribution in [-0.2, 0) is 10.0 Å². The summed E-state index contributed by atoms with van der Waals surface area (Å²) in [4.78, 5) is 26.2. The molecule has 194 valence electrons. The fraction of sp³-hybridized carbons (Fsp3) is 0.214. The van der Waals surface area contributed by atoms with Crippen molar-refractivity contribution >= 4 is 21.7 Å². The minimum Gasteiger partial charge on any atom is -0.336 e. The summed E-state index contributed by atoms with van der Waals surface area (Å²) in [7, 11) is -3.75. The lowest BCUT2D eigenvalue weighted by Gasteiger charge is -2.39. The smallest absolute Gasteiger partial charge is 0.253 e. The normalized spacial score (nSPS) is 16.4. The summed E-state index contributed by atoms with van der Waals surface area (Å²) >= 11 is 0. The fourth-order valence-corrected chi connectivity index (χ4v) is 6.16. The van der Waals surface area contributed by atoms with Gasteiger partial charge < -0.3 is 4.90 Å². The minimum atomic E-state index is -3.75. The zero-order valence-electron chi connectivity index (χ0n) is 21.1. The second-order valence-electron chi connectivity index (χ2n) is 9.26. The van der Waals surface area contributed by atoms with Gasteiger partial charge in [0, 0.05) is 42.4 Å². The van der Waals surface area contributed by atoms with E-state index in [1.807, 2.05) is 25.1 Å². The Balaban J connectivity index is 1.28. The van der Waals surface area contributed by atoms with Crippen molar-refractivity contribution in [3.05, 3.63) is 96.2 Å². The van der Waals surface area contributed by atoms with Crippen molar-refractivity contribution < 1.29 is 18.0 Å². The van der Waals surface area contributed by atoms with Gasteiger partial charge in [0.2, 0.25) is 10.0 Å². The highest BCUT2D eigenvalue weighted by molar-refractivity contribution is 7.89. The molecule has 0 radical (unpaired) electrons. The Morgan fingerprint density at radius 3 is 2.18 bits per heavy atom. The zero-order valence-corrected chi connectivity index (χ0v) is 21.9. The Bertz CT molecular complexity index is 1570. The number of hydrogen-bond acceptors (Lipinski definition) is 6. The molecule has 0 unspecified atom stereocenters. The topological polar surface area (TPSA) is 105 Å². The molecule has 1 aliphatic rings. The summed E-state index contributed by atoms with van der Waals surface area (Å²) in [6.45, 7) is 4.20. The van der Waals surface area contributed by atoms with E-state index in [1.165, 1.54) is 11.2 Å². The van der Waals surface area contributed by atoms with Gasteiger partial charge in [0.15, 0.2) is 5.78 Å². The molecule has 10 heteroatoms. The van der Waals surface area contributed by atoms with Crippen LogP contribution in [0.15, 0.2) is 90.0 Å². The molecule has 38 heavy (non-hydrogen) atoms. The van der Waals surface area contributed by atoms with E-state index < -0.39 is 10.0 Å². The first kappa shape index (κ1) is 25.5. The third-order valence-electron chi connectivity index (χ3n) is 6.66. The summed E-state index contributed by atoms with van der Waals surface area (Å²) < 4.78 is 29.9. The molecule has 4 aromatic rings. The first-order valence-corrected chi connectivity index (χ1v) is 13.7. The SMILES string of the molecule is CC(=O)c1ccc(-n2cc(-c3ccc(S(=O)(=O)N4CCN(C(=O)c5ccccc5)C[C@H]4C)cc3)nn2)cc1. The summed E-state index contributed by atoms with van der Waals surface area (Å²) in [5.41, 5.74) is 3.28. The largest absolute Gasteiger partial charge is 0.336 e. The average molecular weight is 530 g/mol. The van der Waals surface area contributed by atoms with Gasteiger partial charge in [-0.1, -0.05) is 35.5 Å². The van der Waals surface area contributed by atoms with Crippen molar-refractivity contribution in [2.45, 2.75) is 24.8 Å². The maximum atomic E-state index is 13.4. The van der Waals surface area contributed by atoms with Crippen molar-refractivity contribution in [1.82, 2.24) is 24.2 Å². The third-order valence-corrected chi connectivity index (χ3v) is 8.69. The summed E-state index contributed by atoms with van der Waals surface area (Å²) in [6, 6.07) is 22.2. The molecule has 0 bridgehead atoms. The number of carbonyl (C=O) groups excluding carboxylic acids is 2. The van der Waals surface area contributed by atoms with Crippen molar-refractivity contribution in [3.8, 4) is 16.9 Å². The molecule has 5 rings (SSSR count). The second-order valence-corrected chi connectivity index (χ2v) is 11.1. The Labute approximate surface area is 221 Å². The quantitative estimate of drug-likeness (QED) is 0.353. The number of benzene rings is 3. The number of sulfonamides is 1. The van der Waals surface area contributed by atoms with E-state index in [9.17, 15) is 18.0 Å². The number of nitrogens with zero attached hydrogens (tertiary/aromatic N) is 5. The number of amides is 1. The van der Waals surface area contributed by atoms with Gasteiger partial charge in [0.25, 0.3) is 5.91 Å². The van der Waals surface area contributed by atoms with Gasteiger partial charge >= 0.3 is 0 Å². The van der Waals surface area contributed by atoms with Gasteiger partial charge in [-0.05, 0) is 62.4 Å². The van der Waals surface area contributed by atoms with E-state index in [1.54, 1.807) is 76.4 Å². The maximum absolute atomic E-state index is 13.4. The van der Waals surface area contributed by atoms with E-state index in [0.717, 1.165) is 11.3 Å². The highest BCUT2D eigenvalue weighted by Gasteiger charge is 2.35. The lowest BCUT2D eigenvalue weighted by Crippen LogP contribution is -2.55. The molecule has 0 spiro atoms. The molecule has 9 nitrogen and oxygen atoms in total. The van der Waals surface area contributed by atoms with Crippen LogP contribution >= 0.6 is 0 Å². The van der Waals surface area contributed by atoms with Crippen LogP contribution in [0.25, 0.3) is 16.9 Å².